The van der Waals surface area contributed by atoms with E-state index in [4.69, 9.17) is 10.5 Å². The van der Waals surface area contributed by atoms with Crippen molar-refractivity contribution in [3.63, 3.8) is 0 Å². The summed E-state index contributed by atoms with van der Waals surface area (Å²) in [5.74, 6) is 1.31. The van der Waals surface area contributed by atoms with Crippen LogP contribution in [0.15, 0.2) is 47.4 Å². The molecule has 0 unspecified atom stereocenters. The lowest BCUT2D eigenvalue weighted by Crippen LogP contribution is -2.05. The predicted octanol–water partition coefficient (Wildman–Crippen LogP) is 4.59. The molecule has 0 saturated heterocycles. The molecule has 0 spiro atoms. The first kappa shape index (κ1) is 15.6. The van der Waals surface area contributed by atoms with Gasteiger partial charge in [-0.15, -0.1) is 11.8 Å². The van der Waals surface area contributed by atoms with Crippen molar-refractivity contribution in [3.05, 3.63) is 53.6 Å². The van der Waals surface area contributed by atoms with E-state index < -0.39 is 11.7 Å². The van der Waals surface area contributed by atoms with Crippen LogP contribution in [0.5, 0.6) is 5.75 Å². The minimum atomic E-state index is -4.38. The zero-order chi connectivity index (χ0) is 15.5. The van der Waals surface area contributed by atoms with Gasteiger partial charge < -0.3 is 10.5 Å². The van der Waals surface area contributed by atoms with Gasteiger partial charge in [0, 0.05) is 21.9 Å². The number of nitrogens with two attached hydrogens (primary N) is 1. The standard InChI is InChI=1S/C15H14F3NOS/c1-20-13-5-3-2-4-10(13)9-21-14-7-6-11(8-12(14)19)15(16,17)18/h2-8H,9,19H2,1H3. The third-order valence-corrected chi connectivity index (χ3v) is 4.05. The van der Waals surface area contributed by atoms with Crippen molar-refractivity contribution in [1.82, 2.24) is 0 Å². The van der Waals surface area contributed by atoms with E-state index in [1.165, 1.54) is 17.8 Å². The van der Waals surface area contributed by atoms with E-state index in [0.29, 0.717) is 10.6 Å². The molecule has 0 atom stereocenters. The first-order valence-electron chi connectivity index (χ1n) is 6.13. The fourth-order valence-electron chi connectivity index (χ4n) is 1.83. The van der Waals surface area contributed by atoms with E-state index in [1.807, 2.05) is 24.3 Å². The van der Waals surface area contributed by atoms with Crippen LogP contribution in [-0.2, 0) is 11.9 Å². The maximum absolute atomic E-state index is 12.6. The number of nitrogen functional groups attached to an aromatic ring is 1. The summed E-state index contributed by atoms with van der Waals surface area (Å²) in [6, 6.07) is 10.9. The molecule has 0 saturated carbocycles. The Bertz CT molecular complexity index is 629. The molecule has 2 aromatic rings. The summed E-state index contributed by atoms with van der Waals surface area (Å²) in [6.45, 7) is 0. The van der Waals surface area contributed by atoms with Gasteiger partial charge in [-0.05, 0) is 24.3 Å². The van der Waals surface area contributed by atoms with Gasteiger partial charge in [0.25, 0.3) is 0 Å². The van der Waals surface area contributed by atoms with Crippen molar-refractivity contribution in [2.75, 3.05) is 12.8 Å². The Labute approximate surface area is 125 Å². The molecular formula is C15H14F3NOS. The normalized spacial score (nSPS) is 11.4. The summed E-state index contributed by atoms with van der Waals surface area (Å²) in [6.07, 6.45) is -4.38. The van der Waals surface area contributed by atoms with E-state index in [2.05, 4.69) is 0 Å². The Morgan fingerprint density at radius 1 is 1.14 bits per heavy atom. The number of para-hydroxylation sites is 1. The molecule has 0 aliphatic rings. The lowest BCUT2D eigenvalue weighted by atomic mass is 10.2. The summed E-state index contributed by atoms with van der Waals surface area (Å²) in [4.78, 5) is 0.619. The maximum Gasteiger partial charge on any atom is 0.416 e. The Morgan fingerprint density at radius 3 is 2.48 bits per heavy atom. The number of halogens is 3. The van der Waals surface area contributed by atoms with Crippen molar-refractivity contribution >= 4 is 17.4 Å². The van der Waals surface area contributed by atoms with E-state index in [1.54, 1.807) is 7.11 Å². The van der Waals surface area contributed by atoms with Gasteiger partial charge in [0.15, 0.2) is 0 Å². The summed E-state index contributed by atoms with van der Waals surface area (Å²) >= 11 is 1.38. The van der Waals surface area contributed by atoms with Gasteiger partial charge in [-0.1, -0.05) is 18.2 Å². The average Bonchev–Trinajstić information content (AvgIpc) is 2.45. The molecular weight excluding hydrogens is 299 g/mol. The molecule has 2 N–H and O–H groups in total. The van der Waals surface area contributed by atoms with Crippen LogP contribution in [-0.4, -0.2) is 7.11 Å². The molecule has 0 amide bonds. The van der Waals surface area contributed by atoms with Crippen LogP contribution in [0, 0.1) is 0 Å². The Hall–Kier alpha value is -1.82. The summed E-state index contributed by atoms with van der Waals surface area (Å²) in [5, 5.41) is 0. The van der Waals surface area contributed by atoms with Crippen LogP contribution in [0.4, 0.5) is 18.9 Å². The number of hydrogen-bond acceptors (Lipinski definition) is 3. The van der Waals surface area contributed by atoms with Gasteiger partial charge >= 0.3 is 6.18 Å². The molecule has 0 aromatic heterocycles. The molecule has 21 heavy (non-hydrogen) atoms. The second kappa shape index (κ2) is 6.30. The van der Waals surface area contributed by atoms with Gasteiger partial charge in [-0.3, -0.25) is 0 Å². The van der Waals surface area contributed by atoms with E-state index in [0.717, 1.165) is 23.4 Å². The smallest absolute Gasteiger partial charge is 0.416 e. The average molecular weight is 313 g/mol. The zero-order valence-electron chi connectivity index (χ0n) is 11.3. The van der Waals surface area contributed by atoms with Crippen LogP contribution in [0.25, 0.3) is 0 Å². The molecule has 0 radical (unpaired) electrons. The fraction of sp³-hybridized carbons (Fsp3) is 0.200. The minimum Gasteiger partial charge on any atom is -0.496 e. The van der Waals surface area contributed by atoms with Crippen LogP contribution < -0.4 is 10.5 Å². The molecule has 0 bridgehead atoms. The number of benzene rings is 2. The predicted molar refractivity (Wildman–Crippen MR) is 78.4 cm³/mol. The van der Waals surface area contributed by atoms with Gasteiger partial charge in [-0.25, -0.2) is 0 Å². The van der Waals surface area contributed by atoms with Gasteiger partial charge in [0.1, 0.15) is 5.75 Å². The first-order valence-corrected chi connectivity index (χ1v) is 7.12. The Morgan fingerprint density at radius 2 is 1.86 bits per heavy atom. The summed E-state index contributed by atoms with van der Waals surface area (Å²) in [5.41, 5.74) is 6.06. The number of hydrogen-bond donors (Lipinski definition) is 1. The molecule has 2 nitrogen and oxygen atoms in total. The van der Waals surface area contributed by atoms with E-state index in [9.17, 15) is 13.2 Å². The quantitative estimate of drug-likeness (QED) is 0.662. The molecule has 0 aliphatic carbocycles. The number of rotatable bonds is 4. The Balaban J connectivity index is 2.14. The van der Waals surface area contributed by atoms with Gasteiger partial charge in [-0.2, -0.15) is 13.2 Å². The van der Waals surface area contributed by atoms with Crippen molar-refractivity contribution in [1.29, 1.82) is 0 Å². The van der Waals surface area contributed by atoms with Crippen molar-refractivity contribution < 1.29 is 17.9 Å². The number of thioether (sulfide) groups is 1. The topological polar surface area (TPSA) is 35.2 Å². The van der Waals surface area contributed by atoms with Crippen LogP contribution >= 0.6 is 11.8 Å². The highest BCUT2D eigenvalue weighted by atomic mass is 32.2. The Kier molecular flexibility index (Phi) is 4.67. The van der Waals surface area contributed by atoms with Gasteiger partial charge in [0.05, 0.1) is 12.7 Å². The molecule has 0 heterocycles. The monoisotopic (exact) mass is 313 g/mol. The lowest BCUT2D eigenvalue weighted by Gasteiger charge is -2.11. The number of alkyl halides is 3. The highest BCUT2D eigenvalue weighted by molar-refractivity contribution is 7.98. The summed E-state index contributed by atoms with van der Waals surface area (Å²) in [7, 11) is 1.58. The molecule has 2 aromatic carbocycles. The van der Waals surface area contributed by atoms with E-state index in [-0.39, 0.29) is 5.69 Å². The highest BCUT2D eigenvalue weighted by Gasteiger charge is 2.30. The molecule has 0 fully saturated rings. The summed E-state index contributed by atoms with van der Waals surface area (Å²) < 4.78 is 42.9. The molecule has 2 rings (SSSR count). The van der Waals surface area contributed by atoms with Crippen LogP contribution in [0.3, 0.4) is 0 Å². The third kappa shape index (κ3) is 3.85. The van der Waals surface area contributed by atoms with Crippen LogP contribution in [0.1, 0.15) is 11.1 Å². The van der Waals surface area contributed by atoms with Crippen molar-refractivity contribution in [2.45, 2.75) is 16.8 Å². The first-order chi connectivity index (χ1) is 9.91. The second-order valence-corrected chi connectivity index (χ2v) is 5.37. The largest absolute Gasteiger partial charge is 0.496 e. The lowest BCUT2D eigenvalue weighted by molar-refractivity contribution is -0.137. The highest BCUT2D eigenvalue weighted by Crippen LogP contribution is 2.36. The molecule has 112 valence electrons. The van der Waals surface area contributed by atoms with Crippen molar-refractivity contribution in [2.24, 2.45) is 0 Å². The number of ether oxygens (including phenoxy) is 1. The number of methoxy groups -OCH3 is 1. The number of anilines is 1. The van der Waals surface area contributed by atoms with E-state index >= 15 is 0 Å². The van der Waals surface area contributed by atoms with Crippen LogP contribution in [0.2, 0.25) is 0 Å². The molecule has 0 aliphatic heterocycles. The second-order valence-electron chi connectivity index (χ2n) is 4.35. The van der Waals surface area contributed by atoms with Crippen molar-refractivity contribution in [3.8, 4) is 5.75 Å². The third-order valence-electron chi connectivity index (χ3n) is 2.91. The maximum atomic E-state index is 12.6. The SMILES string of the molecule is COc1ccccc1CSc1ccc(C(F)(F)F)cc1N. The fourth-order valence-corrected chi connectivity index (χ4v) is 2.77. The molecule has 6 heteroatoms. The minimum absolute atomic E-state index is 0.129. The van der Waals surface area contributed by atoms with Gasteiger partial charge in [0.2, 0.25) is 0 Å². The zero-order valence-corrected chi connectivity index (χ0v) is 12.1.